The van der Waals surface area contributed by atoms with Crippen LogP contribution in [-0.2, 0) is 0 Å². The van der Waals surface area contributed by atoms with E-state index < -0.39 is 6.09 Å². The first-order valence-electron chi connectivity index (χ1n) is 5.50. The van der Waals surface area contributed by atoms with Gasteiger partial charge < -0.3 is 15.7 Å². The van der Waals surface area contributed by atoms with Gasteiger partial charge in [-0.3, -0.25) is 0 Å². The van der Waals surface area contributed by atoms with Crippen molar-refractivity contribution in [2.75, 3.05) is 19.6 Å². The molecular formula is C12H16N2O2. The molecule has 3 N–H and O–H groups in total. The topological polar surface area (TPSA) is 61.4 Å². The Morgan fingerprint density at radius 3 is 2.81 bits per heavy atom. The summed E-state index contributed by atoms with van der Waals surface area (Å²) in [7, 11) is 0. The van der Waals surface area contributed by atoms with Gasteiger partial charge in [0, 0.05) is 25.6 Å². The predicted octanol–water partition coefficient (Wildman–Crippen LogP) is 1.26. The van der Waals surface area contributed by atoms with E-state index in [-0.39, 0.29) is 0 Å². The molecule has 1 aliphatic heterocycles. The fourth-order valence-corrected chi connectivity index (χ4v) is 2.26. The Hall–Kier alpha value is -1.55. The Morgan fingerprint density at radius 1 is 1.38 bits per heavy atom. The molecule has 1 heterocycles. The molecule has 0 unspecified atom stereocenters. The molecule has 0 aliphatic carbocycles. The van der Waals surface area contributed by atoms with Crippen molar-refractivity contribution in [2.24, 2.45) is 5.92 Å². The van der Waals surface area contributed by atoms with Crippen LogP contribution >= 0.6 is 0 Å². The number of nitrogens with one attached hydrogen (secondary N) is 2. The average molecular weight is 220 g/mol. The average Bonchev–Trinajstić information content (AvgIpc) is 2.75. The summed E-state index contributed by atoms with van der Waals surface area (Å²) in [5.74, 6) is 0.756. The minimum absolute atomic E-state index is 0.346. The van der Waals surface area contributed by atoms with E-state index in [9.17, 15) is 4.79 Å². The standard InChI is InChI=1S/C12H16N2O2/c15-12(16)14-7-10-6-13-8-11(10)9-4-2-1-3-5-9/h1-5,10-11,13-14H,6-8H2,(H,15,16)/t10-,11-/m1/s1. The molecule has 1 fully saturated rings. The summed E-state index contributed by atoms with van der Waals surface area (Å²) >= 11 is 0. The van der Waals surface area contributed by atoms with Crippen molar-refractivity contribution in [1.29, 1.82) is 0 Å². The van der Waals surface area contributed by atoms with Crippen molar-refractivity contribution >= 4 is 6.09 Å². The second-order valence-electron chi connectivity index (χ2n) is 4.12. The summed E-state index contributed by atoms with van der Waals surface area (Å²) in [5, 5.41) is 14.4. The highest BCUT2D eigenvalue weighted by Gasteiger charge is 2.28. The van der Waals surface area contributed by atoms with Crippen LogP contribution in [0.2, 0.25) is 0 Å². The van der Waals surface area contributed by atoms with E-state index in [4.69, 9.17) is 5.11 Å². The monoisotopic (exact) mass is 220 g/mol. The molecule has 0 aromatic heterocycles. The second kappa shape index (κ2) is 4.99. The van der Waals surface area contributed by atoms with Gasteiger partial charge in [0.2, 0.25) is 0 Å². The van der Waals surface area contributed by atoms with Crippen LogP contribution in [0.3, 0.4) is 0 Å². The smallest absolute Gasteiger partial charge is 0.404 e. The van der Waals surface area contributed by atoms with E-state index in [1.807, 2.05) is 18.2 Å². The zero-order valence-electron chi connectivity index (χ0n) is 9.02. The molecular weight excluding hydrogens is 204 g/mol. The Morgan fingerprint density at radius 2 is 2.12 bits per heavy atom. The highest BCUT2D eigenvalue weighted by molar-refractivity contribution is 5.64. The van der Waals surface area contributed by atoms with Crippen molar-refractivity contribution in [3.05, 3.63) is 35.9 Å². The molecule has 4 heteroatoms. The van der Waals surface area contributed by atoms with E-state index in [0.29, 0.717) is 18.4 Å². The third kappa shape index (κ3) is 2.52. The van der Waals surface area contributed by atoms with Gasteiger partial charge in [0.15, 0.2) is 0 Å². The number of rotatable bonds is 3. The van der Waals surface area contributed by atoms with E-state index >= 15 is 0 Å². The maximum Gasteiger partial charge on any atom is 0.404 e. The molecule has 2 atom stereocenters. The van der Waals surface area contributed by atoms with Crippen molar-refractivity contribution in [2.45, 2.75) is 5.92 Å². The molecule has 0 saturated carbocycles. The molecule has 1 aliphatic rings. The highest BCUT2D eigenvalue weighted by Crippen LogP contribution is 2.27. The normalized spacial score (nSPS) is 24.2. The first kappa shape index (κ1) is 11.0. The number of hydrogen-bond acceptors (Lipinski definition) is 2. The molecule has 1 aromatic carbocycles. The number of amides is 1. The largest absolute Gasteiger partial charge is 0.465 e. The van der Waals surface area contributed by atoms with Crippen LogP contribution < -0.4 is 10.6 Å². The quantitative estimate of drug-likeness (QED) is 0.718. The van der Waals surface area contributed by atoms with Crippen LogP contribution in [0.4, 0.5) is 4.79 Å². The Balaban J connectivity index is 2.01. The lowest BCUT2D eigenvalue weighted by molar-refractivity contribution is 0.192. The van der Waals surface area contributed by atoms with Crippen molar-refractivity contribution in [1.82, 2.24) is 10.6 Å². The minimum Gasteiger partial charge on any atom is -0.465 e. The van der Waals surface area contributed by atoms with Crippen molar-refractivity contribution in [3.63, 3.8) is 0 Å². The van der Waals surface area contributed by atoms with E-state index in [1.54, 1.807) is 0 Å². The van der Waals surface area contributed by atoms with E-state index in [2.05, 4.69) is 22.8 Å². The fraction of sp³-hybridized carbons (Fsp3) is 0.417. The third-order valence-electron chi connectivity index (χ3n) is 3.08. The van der Waals surface area contributed by atoms with Gasteiger partial charge in [-0.05, 0) is 11.5 Å². The number of benzene rings is 1. The Bertz CT molecular complexity index is 353. The van der Waals surface area contributed by atoms with Gasteiger partial charge in [-0.15, -0.1) is 0 Å². The summed E-state index contributed by atoms with van der Waals surface area (Å²) < 4.78 is 0. The van der Waals surface area contributed by atoms with Gasteiger partial charge in [-0.25, -0.2) is 4.79 Å². The van der Waals surface area contributed by atoms with Crippen LogP contribution in [0, 0.1) is 5.92 Å². The van der Waals surface area contributed by atoms with Crippen LogP contribution in [0.25, 0.3) is 0 Å². The molecule has 4 nitrogen and oxygen atoms in total. The SMILES string of the molecule is O=C(O)NC[C@H]1CNC[C@@H]1c1ccccc1. The van der Waals surface area contributed by atoms with Crippen molar-refractivity contribution < 1.29 is 9.90 Å². The molecule has 1 aromatic rings. The molecule has 1 saturated heterocycles. The van der Waals surface area contributed by atoms with E-state index in [1.165, 1.54) is 5.56 Å². The van der Waals surface area contributed by atoms with Crippen LogP contribution in [0.1, 0.15) is 11.5 Å². The number of carboxylic acid groups (broad SMARTS) is 1. The minimum atomic E-state index is -0.946. The lowest BCUT2D eigenvalue weighted by Crippen LogP contribution is -2.30. The van der Waals surface area contributed by atoms with Crippen LogP contribution in [-0.4, -0.2) is 30.8 Å². The van der Waals surface area contributed by atoms with Gasteiger partial charge in [0.25, 0.3) is 0 Å². The van der Waals surface area contributed by atoms with Gasteiger partial charge in [0.05, 0.1) is 0 Å². The highest BCUT2D eigenvalue weighted by atomic mass is 16.4. The lowest BCUT2D eigenvalue weighted by atomic mass is 9.89. The van der Waals surface area contributed by atoms with Crippen molar-refractivity contribution in [3.8, 4) is 0 Å². The fourth-order valence-electron chi connectivity index (χ4n) is 2.26. The van der Waals surface area contributed by atoms with E-state index in [0.717, 1.165) is 13.1 Å². The third-order valence-corrected chi connectivity index (χ3v) is 3.08. The summed E-state index contributed by atoms with van der Waals surface area (Å²) in [4.78, 5) is 10.5. The zero-order valence-corrected chi connectivity index (χ0v) is 9.02. The van der Waals surface area contributed by atoms with Crippen LogP contribution in [0.15, 0.2) is 30.3 Å². The molecule has 2 rings (SSSR count). The Labute approximate surface area is 94.7 Å². The molecule has 1 amide bonds. The second-order valence-corrected chi connectivity index (χ2v) is 4.12. The van der Waals surface area contributed by atoms with Gasteiger partial charge >= 0.3 is 6.09 Å². The maximum absolute atomic E-state index is 10.5. The van der Waals surface area contributed by atoms with Gasteiger partial charge in [-0.2, -0.15) is 0 Å². The molecule has 0 radical (unpaired) electrons. The number of hydrogen-bond donors (Lipinski definition) is 3. The van der Waals surface area contributed by atoms with Gasteiger partial charge in [0.1, 0.15) is 0 Å². The molecule has 0 bridgehead atoms. The first-order chi connectivity index (χ1) is 7.77. The van der Waals surface area contributed by atoms with Crippen LogP contribution in [0.5, 0.6) is 0 Å². The summed E-state index contributed by atoms with van der Waals surface area (Å²) in [6.45, 7) is 2.32. The Kier molecular flexibility index (Phi) is 3.41. The zero-order chi connectivity index (χ0) is 11.4. The predicted molar refractivity (Wildman–Crippen MR) is 61.6 cm³/mol. The molecule has 0 spiro atoms. The first-order valence-corrected chi connectivity index (χ1v) is 5.50. The summed E-state index contributed by atoms with van der Waals surface area (Å²) in [6, 6.07) is 10.2. The maximum atomic E-state index is 10.5. The summed E-state index contributed by atoms with van der Waals surface area (Å²) in [6.07, 6.45) is -0.946. The molecule has 16 heavy (non-hydrogen) atoms. The molecule has 86 valence electrons. The summed E-state index contributed by atoms with van der Waals surface area (Å²) in [5.41, 5.74) is 1.28. The number of carbonyl (C=O) groups is 1. The van der Waals surface area contributed by atoms with Gasteiger partial charge in [-0.1, -0.05) is 30.3 Å². The lowest BCUT2D eigenvalue weighted by Gasteiger charge is -2.18.